The van der Waals surface area contributed by atoms with Crippen LogP contribution in [-0.4, -0.2) is 14.5 Å². The molecule has 0 fully saturated rings. The van der Waals surface area contributed by atoms with E-state index >= 15 is 0 Å². The second-order valence-electron chi connectivity index (χ2n) is 4.31. The first-order chi connectivity index (χ1) is 7.54. The van der Waals surface area contributed by atoms with Gasteiger partial charge in [-0.3, -0.25) is 4.79 Å². The molecule has 0 aromatic carbocycles. The number of fused-ring (bicyclic) bond motifs is 1. The maximum Gasteiger partial charge on any atom is 0.276 e. The van der Waals surface area contributed by atoms with Gasteiger partial charge >= 0.3 is 0 Å². The van der Waals surface area contributed by atoms with Crippen molar-refractivity contribution in [3.8, 4) is 0 Å². The number of hydrogen-bond acceptors (Lipinski definition) is 2. The third-order valence-electron chi connectivity index (χ3n) is 3.27. The van der Waals surface area contributed by atoms with Crippen molar-refractivity contribution in [1.82, 2.24) is 14.5 Å². The molecule has 0 bridgehead atoms. The van der Waals surface area contributed by atoms with E-state index < -0.39 is 0 Å². The number of aromatic amines is 1. The van der Waals surface area contributed by atoms with Crippen LogP contribution in [0.15, 0.2) is 10.9 Å². The van der Waals surface area contributed by atoms with Crippen LogP contribution in [-0.2, 0) is 7.05 Å². The van der Waals surface area contributed by atoms with Crippen molar-refractivity contribution < 1.29 is 0 Å². The van der Waals surface area contributed by atoms with Crippen LogP contribution in [0.25, 0.3) is 11.0 Å². The molecule has 0 spiro atoms. The molecule has 0 aliphatic heterocycles. The number of pyridine rings is 1. The topological polar surface area (TPSA) is 50.7 Å². The molecule has 2 rings (SSSR count). The highest BCUT2D eigenvalue weighted by molar-refractivity contribution is 5.75. The maximum atomic E-state index is 11.9. The normalized spacial score (nSPS) is 13.2. The summed E-state index contributed by atoms with van der Waals surface area (Å²) in [5, 5.41) is 0. The molecule has 1 unspecified atom stereocenters. The highest BCUT2D eigenvalue weighted by Crippen LogP contribution is 2.19. The minimum Gasteiger partial charge on any atom is -0.331 e. The maximum absolute atomic E-state index is 11.9. The van der Waals surface area contributed by atoms with E-state index in [1.807, 2.05) is 24.6 Å². The first kappa shape index (κ1) is 10.9. The molecule has 0 aliphatic carbocycles. The van der Waals surface area contributed by atoms with Gasteiger partial charge in [0.2, 0.25) is 0 Å². The number of hydrogen-bond donors (Lipinski definition) is 1. The molecule has 4 heteroatoms. The SMILES string of the molecule is CCC(C)c1cc2c(nc(C)n2C)c(=O)[nH]1. The summed E-state index contributed by atoms with van der Waals surface area (Å²) in [6.07, 6.45) is 1.01. The summed E-state index contributed by atoms with van der Waals surface area (Å²) in [5.41, 5.74) is 2.35. The summed E-state index contributed by atoms with van der Waals surface area (Å²) < 4.78 is 1.95. The number of H-pyrrole nitrogens is 1. The van der Waals surface area contributed by atoms with E-state index in [0.29, 0.717) is 11.4 Å². The predicted molar refractivity (Wildman–Crippen MR) is 64.8 cm³/mol. The van der Waals surface area contributed by atoms with Gasteiger partial charge in [-0.05, 0) is 25.3 Å². The van der Waals surface area contributed by atoms with Crippen molar-refractivity contribution in [2.45, 2.75) is 33.1 Å². The smallest absolute Gasteiger partial charge is 0.276 e. The van der Waals surface area contributed by atoms with Gasteiger partial charge in [-0.15, -0.1) is 0 Å². The van der Waals surface area contributed by atoms with Crippen molar-refractivity contribution in [2.24, 2.45) is 7.05 Å². The monoisotopic (exact) mass is 219 g/mol. The van der Waals surface area contributed by atoms with E-state index in [1.165, 1.54) is 0 Å². The lowest BCUT2D eigenvalue weighted by atomic mass is 10.0. The van der Waals surface area contributed by atoms with Crippen molar-refractivity contribution in [1.29, 1.82) is 0 Å². The standard InChI is InChI=1S/C12H17N3O/c1-5-7(2)9-6-10-11(12(16)14-9)13-8(3)15(10)4/h6-7H,5H2,1-4H3,(H,14,16). The lowest BCUT2D eigenvalue weighted by Crippen LogP contribution is -2.11. The van der Waals surface area contributed by atoms with Crippen LogP contribution in [0.3, 0.4) is 0 Å². The number of rotatable bonds is 2. The Morgan fingerprint density at radius 1 is 1.56 bits per heavy atom. The Kier molecular flexibility index (Phi) is 2.58. The first-order valence-corrected chi connectivity index (χ1v) is 5.60. The molecule has 0 saturated heterocycles. The fourth-order valence-electron chi connectivity index (χ4n) is 1.82. The van der Waals surface area contributed by atoms with E-state index in [4.69, 9.17) is 0 Å². The van der Waals surface area contributed by atoms with Gasteiger partial charge in [-0.1, -0.05) is 13.8 Å². The summed E-state index contributed by atoms with van der Waals surface area (Å²) in [5.74, 6) is 1.23. The Bertz CT molecular complexity index is 580. The van der Waals surface area contributed by atoms with Crippen LogP contribution in [0.2, 0.25) is 0 Å². The molecule has 86 valence electrons. The van der Waals surface area contributed by atoms with E-state index in [9.17, 15) is 4.79 Å². The molecule has 1 N–H and O–H groups in total. The molecular weight excluding hydrogens is 202 g/mol. The Hall–Kier alpha value is -1.58. The molecular formula is C12H17N3O. The average molecular weight is 219 g/mol. The van der Waals surface area contributed by atoms with E-state index in [2.05, 4.69) is 23.8 Å². The largest absolute Gasteiger partial charge is 0.331 e. The summed E-state index contributed by atoms with van der Waals surface area (Å²) in [6.45, 7) is 6.13. The molecule has 2 heterocycles. The lowest BCUT2D eigenvalue weighted by Gasteiger charge is -2.08. The molecule has 2 aromatic rings. The summed E-state index contributed by atoms with van der Waals surface area (Å²) >= 11 is 0. The zero-order valence-corrected chi connectivity index (χ0v) is 10.2. The second-order valence-corrected chi connectivity index (χ2v) is 4.31. The molecule has 0 amide bonds. The van der Waals surface area contributed by atoms with Gasteiger partial charge < -0.3 is 9.55 Å². The second kappa shape index (κ2) is 3.77. The van der Waals surface area contributed by atoms with Crippen molar-refractivity contribution in [3.63, 3.8) is 0 Å². The highest BCUT2D eigenvalue weighted by atomic mass is 16.1. The van der Waals surface area contributed by atoms with Crippen LogP contribution in [0.4, 0.5) is 0 Å². The van der Waals surface area contributed by atoms with E-state index in [1.54, 1.807) is 0 Å². The van der Waals surface area contributed by atoms with Crippen LogP contribution in [0, 0.1) is 6.92 Å². The first-order valence-electron chi connectivity index (χ1n) is 5.60. The fourth-order valence-corrected chi connectivity index (χ4v) is 1.82. The van der Waals surface area contributed by atoms with E-state index in [0.717, 1.165) is 23.5 Å². The number of imidazole rings is 1. The third kappa shape index (κ3) is 1.54. The minimum absolute atomic E-state index is 0.0866. The van der Waals surface area contributed by atoms with Gasteiger partial charge in [0.15, 0.2) is 5.52 Å². The van der Waals surface area contributed by atoms with Crippen molar-refractivity contribution in [2.75, 3.05) is 0 Å². The number of aromatic nitrogens is 3. The Morgan fingerprint density at radius 2 is 2.25 bits per heavy atom. The fraction of sp³-hybridized carbons (Fsp3) is 0.500. The molecule has 16 heavy (non-hydrogen) atoms. The molecule has 4 nitrogen and oxygen atoms in total. The van der Waals surface area contributed by atoms with Crippen LogP contribution >= 0.6 is 0 Å². The molecule has 2 aromatic heterocycles. The lowest BCUT2D eigenvalue weighted by molar-refractivity contribution is 0.706. The zero-order valence-electron chi connectivity index (χ0n) is 10.2. The van der Waals surface area contributed by atoms with E-state index in [-0.39, 0.29) is 5.56 Å². The van der Waals surface area contributed by atoms with Gasteiger partial charge in [0.1, 0.15) is 5.82 Å². The molecule has 0 radical (unpaired) electrons. The zero-order chi connectivity index (χ0) is 11.9. The minimum atomic E-state index is -0.0866. The van der Waals surface area contributed by atoms with Crippen LogP contribution in [0.5, 0.6) is 0 Å². The Balaban J connectivity index is 2.75. The highest BCUT2D eigenvalue weighted by Gasteiger charge is 2.12. The quantitative estimate of drug-likeness (QED) is 0.840. The van der Waals surface area contributed by atoms with Gasteiger partial charge in [-0.25, -0.2) is 4.98 Å². The number of nitrogens with zero attached hydrogens (tertiary/aromatic N) is 2. The number of aryl methyl sites for hydroxylation is 2. The molecule has 0 aliphatic rings. The van der Waals surface area contributed by atoms with Crippen molar-refractivity contribution in [3.05, 3.63) is 27.9 Å². The van der Waals surface area contributed by atoms with Crippen molar-refractivity contribution >= 4 is 11.0 Å². The average Bonchev–Trinajstić information content (AvgIpc) is 2.56. The van der Waals surface area contributed by atoms with Crippen LogP contribution < -0.4 is 5.56 Å². The Labute approximate surface area is 94.3 Å². The predicted octanol–water partition coefficient (Wildman–Crippen LogP) is 2.08. The van der Waals surface area contributed by atoms with Gasteiger partial charge in [0, 0.05) is 12.7 Å². The Morgan fingerprint density at radius 3 is 2.88 bits per heavy atom. The summed E-state index contributed by atoms with van der Waals surface area (Å²) in [6, 6.07) is 2.03. The third-order valence-corrected chi connectivity index (χ3v) is 3.27. The molecule has 1 atom stereocenters. The van der Waals surface area contributed by atoms with Gasteiger partial charge in [0.05, 0.1) is 5.52 Å². The summed E-state index contributed by atoms with van der Waals surface area (Å²) in [4.78, 5) is 19.0. The molecule has 0 saturated carbocycles. The van der Waals surface area contributed by atoms with Gasteiger partial charge in [0.25, 0.3) is 5.56 Å². The number of nitrogens with one attached hydrogen (secondary N) is 1. The van der Waals surface area contributed by atoms with Crippen LogP contribution in [0.1, 0.15) is 37.7 Å². The van der Waals surface area contributed by atoms with Gasteiger partial charge in [-0.2, -0.15) is 0 Å². The summed E-state index contributed by atoms with van der Waals surface area (Å²) in [7, 11) is 1.94.